The molecule has 0 radical (unpaired) electrons. The Morgan fingerprint density at radius 2 is 1.69 bits per heavy atom. The summed E-state index contributed by atoms with van der Waals surface area (Å²) in [5.74, 6) is -1.35. The smallest absolute Gasteiger partial charge is 0.317 e. The van der Waals surface area contributed by atoms with Crippen molar-refractivity contribution in [3.05, 3.63) is 89.3 Å². The topological polar surface area (TPSA) is 71.4 Å². The lowest BCUT2D eigenvalue weighted by Crippen LogP contribution is -2.54. The van der Waals surface area contributed by atoms with Gasteiger partial charge in [0.15, 0.2) is 0 Å². The van der Waals surface area contributed by atoms with E-state index in [2.05, 4.69) is 5.32 Å². The van der Waals surface area contributed by atoms with Crippen LogP contribution in [-0.2, 0) is 9.59 Å². The van der Waals surface area contributed by atoms with E-state index in [1.165, 1.54) is 6.08 Å². The molecule has 0 aliphatic carbocycles. The van der Waals surface area contributed by atoms with Crippen molar-refractivity contribution in [2.24, 2.45) is 0 Å². The van der Waals surface area contributed by atoms with Crippen molar-refractivity contribution in [3.8, 4) is 5.69 Å². The molecule has 1 fully saturated rings. The van der Waals surface area contributed by atoms with Crippen LogP contribution in [0.5, 0.6) is 0 Å². The van der Waals surface area contributed by atoms with Gasteiger partial charge < -0.3 is 4.57 Å². The molecule has 1 aromatic heterocycles. The summed E-state index contributed by atoms with van der Waals surface area (Å²) < 4.78 is 1.88. The van der Waals surface area contributed by atoms with Crippen LogP contribution in [0.15, 0.2) is 72.4 Å². The zero-order valence-electron chi connectivity index (χ0n) is 16.0. The molecule has 0 unspecified atom stereocenters. The van der Waals surface area contributed by atoms with Crippen molar-refractivity contribution in [3.63, 3.8) is 0 Å². The molecule has 4 amide bonds. The number of aromatic nitrogens is 1. The van der Waals surface area contributed by atoms with Crippen molar-refractivity contribution in [2.75, 3.05) is 4.90 Å². The summed E-state index contributed by atoms with van der Waals surface area (Å²) in [6.07, 6.45) is 3.37. The van der Waals surface area contributed by atoms with E-state index in [9.17, 15) is 14.4 Å². The van der Waals surface area contributed by atoms with E-state index in [4.69, 9.17) is 0 Å². The number of aryl methyl sites for hydroxylation is 2. The molecule has 1 aliphatic rings. The van der Waals surface area contributed by atoms with Crippen LogP contribution in [-0.4, -0.2) is 22.4 Å². The second-order valence-corrected chi connectivity index (χ2v) is 6.89. The predicted molar refractivity (Wildman–Crippen MR) is 111 cm³/mol. The number of urea groups is 1. The molecular formula is C23H19N3O3. The SMILES string of the molecule is Cc1cccc(-n2cccc2/C=C2\C(=O)NC(=O)N(c3ccccc3C)C2=O)c1. The van der Waals surface area contributed by atoms with Gasteiger partial charge in [0.2, 0.25) is 0 Å². The number of para-hydroxylation sites is 1. The van der Waals surface area contributed by atoms with Gasteiger partial charge in [-0.05, 0) is 61.4 Å². The normalized spacial score (nSPS) is 15.7. The highest BCUT2D eigenvalue weighted by molar-refractivity contribution is 6.39. The number of nitrogens with one attached hydrogen (secondary N) is 1. The highest BCUT2D eigenvalue weighted by Gasteiger charge is 2.37. The van der Waals surface area contributed by atoms with Gasteiger partial charge in [-0.1, -0.05) is 30.3 Å². The van der Waals surface area contributed by atoms with Crippen molar-refractivity contribution in [1.29, 1.82) is 0 Å². The number of nitrogens with zero attached hydrogens (tertiary/aromatic N) is 2. The molecule has 4 rings (SSSR count). The van der Waals surface area contributed by atoms with Crippen molar-refractivity contribution in [1.82, 2.24) is 9.88 Å². The molecular weight excluding hydrogens is 366 g/mol. The maximum Gasteiger partial charge on any atom is 0.335 e. The number of barbiturate groups is 1. The molecule has 0 atom stereocenters. The zero-order chi connectivity index (χ0) is 20.5. The van der Waals surface area contributed by atoms with E-state index < -0.39 is 17.8 Å². The van der Waals surface area contributed by atoms with Gasteiger partial charge in [-0.25, -0.2) is 9.69 Å². The summed E-state index contributed by atoms with van der Waals surface area (Å²) in [6.45, 7) is 3.80. The Hall–Kier alpha value is -3.93. The average Bonchev–Trinajstić information content (AvgIpc) is 3.15. The maximum atomic E-state index is 13.1. The molecule has 1 N–H and O–H groups in total. The van der Waals surface area contributed by atoms with Crippen LogP contribution in [0.4, 0.5) is 10.5 Å². The minimum absolute atomic E-state index is 0.0968. The number of anilines is 1. The summed E-state index contributed by atoms with van der Waals surface area (Å²) in [6, 6.07) is 17.8. The molecule has 1 aliphatic heterocycles. The summed E-state index contributed by atoms with van der Waals surface area (Å²) >= 11 is 0. The molecule has 0 spiro atoms. The second-order valence-electron chi connectivity index (χ2n) is 6.89. The van der Waals surface area contributed by atoms with E-state index in [-0.39, 0.29) is 5.57 Å². The molecule has 1 saturated heterocycles. The van der Waals surface area contributed by atoms with Gasteiger partial charge in [0, 0.05) is 17.6 Å². The Balaban J connectivity index is 1.77. The number of hydrogen-bond donors (Lipinski definition) is 1. The first-order valence-corrected chi connectivity index (χ1v) is 9.17. The Bertz CT molecular complexity index is 1170. The molecule has 0 saturated carbocycles. The molecule has 29 heavy (non-hydrogen) atoms. The number of amides is 4. The average molecular weight is 385 g/mol. The van der Waals surface area contributed by atoms with E-state index in [0.717, 1.165) is 21.7 Å². The number of rotatable bonds is 3. The summed E-state index contributed by atoms with van der Waals surface area (Å²) in [4.78, 5) is 38.9. The van der Waals surface area contributed by atoms with Crippen LogP contribution < -0.4 is 10.2 Å². The summed E-state index contributed by atoms with van der Waals surface area (Å²) in [5.41, 5.74) is 3.78. The lowest BCUT2D eigenvalue weighted by molar-refractivity contribution is -0.122. The van der Waals surface area contributed by atoms with Crippen molar-refractivity contribution >= 4 is 29.6 Å². The lowest BCUT2D eigenvalue weighted by Gasteiger charge is -2.27. The lowest BCUT2D eigenvalue weighted by atomic mass is 10.1. The Morgan fingerprint density at radius 3 is 2.45 bits per heavy atom. The highest BCUT2D eigenvalue weighted by atomic mass is 16.2. The first-order chi connectivity index (χ1) is 14.0. The monoisotopic (exact) mass is 385 g/mol. The predicted octanol–water partition coefficient (Wildman–Crippen LogP) is 3.76. The zero-order valence-corrected chi connectivity index (χ0v) is 16.0. The van der Waals surface area contributed by atoms with E-state index >= 15 is 0 Å². The standard InChI is InChI=1S/C23H19N3O3/c1-15-7-5-9-17(13-15)25-12-6-10-18(25)14-19-21(27)24-23(29)26(22(19)28)20-11-4-3-8-16(20)2/h3-14H,1-2H3,(H,24,27,29)/b19-14+. The van der Waals surface area contributed by atoms with Crippen LogP contribution in [0.3, 0.4) is 0 Å². The van der Waals surface area contributed by atoms with Crippen molar-refractivity contribution in [2.45, 2.75) is 13.8 Å². The molecule has 2 aromatic carbocycles. The Morgan fingerprint density at radius 1 is 0.897 bits per heavy atom. The van der Waals surface area contributed by atoms with Crippen molar-refractivity contribution < 1.29 is 14.4 Å². The number of hydrogen-bond acceptors (Lipinski definition) is 3. The molecule has 2 heterocycles. The van der Waals surface area contributed by atoms with Gasteiger partial charge in [0.25, 0.3) is 11.8 Å². The van der Waals surface area contributed by atoms with Gasteiger partial charge in [0.1, 0.15) is 5.57 Å². The van der Waals surface area contributed by atoms with Crippen LogP contribution in [0.1, 0.15) is 16.8 Å². The molecule has 3 aromatic rings. The van der Waals surface area contributed by atoms with E-state index in [0.29, 0.717) is 11.4 Å². The summed E-state index contributed by atoms with van der Waals surface area (Å²) in [5, 5.41) is 2.27. The maximum absolute atomic E-state index is 13.1. The van der Waals surface area contributed by atoms with Gasteiger partial charge in [-0.2, -0.15) is 0 Å². The largest absolute Gasteiger partial charge is 0.335 e. The number of imide groups is 2. The minimum atomic E-state index is -0.750. The van der Waals surface area contributed by atoms with Crippen LogP contribution in [0, 0.1) is 13.8 Å². The first kappa shape index (κ1) is 18.4. The summed E-state index contributed by atoms with van der Waals surface area (Å²) in [7, 11) is 0. The number of carbonyl (C=O) groups excluding carboxylic acids is 3. The third kappa shape index (κ3) is 3.36. The van der Waals surface area contributed by atoms with Crippen LogP contribution >= 0.6 is 0 Å². The fourth-order valence-electron chi connectivity index (χ4n) is 3.36. The first-order valence-electron chi connectivity index (χ1n) is 9.17. The second kappa shape index (κ2) is 7.24. The van der Waals surface area contributed by atoms with E-state index in [1.54, 1.807) is 25.1 Å². The number of benzene rings is 2. The highest BCUT2D eigenvalue weighted by Crippen LogP contribution is 2.25. The fraction of sp³-hybridized carbons (Fsp3) is 0.0870. The quantitative estimate of drug-likeness (QED) is 0.551. The van der Waals surface area contributed by atoms with Gasteiger partial charge in [-0.15, -0.1) is 0 Å². The van der Waals surface area contributed by atoms with E-state index in [1.807, 2.05) is 60.2 Å². The Labute approximate surface area is 168 Å². The van der Waals surface area contributed by atoms with Gasteiger partial charge >= 0.3 is 6.03 Å². The van der Waals surface area contributed by atoms with Gasteiger partial charge in [0.05, 0.1) is 5.69 Å². The third-order valence-electron chi connectivity index (χ3n) is 4.81. The van der Waals surface area contributed by atoms with Crippen LogP contribution in [0.2, 0.25) is 0 Å². The Kier molecular flexibility index (Phi) is 4.60. The molecule has 0 bridgehead atoms. The van der Waals surface area contributed by atoms with Gasteiger partial charge in [-0.3, -0.25) is 14.9 Å². The number of carbonyl (C=O) groups is 3. The fourth-order valence-corrected chi connectivity index (χ4v) is 3.36. The minimum Gasteiger partial charge on any atom is -0.317 e. The van der Waals surface area contributed by atoms with Crippen LogP contribution in [0.25, 0.3) is 11.8 Å². The third-order valence-corrected chi connectivity index (χ3v) is 4.81. The molecule has 144 valence electrons. The molecule has 6 nitrogen and oxygen atoms in total. The molecule has 6 heteroatoms.